The molecule has 2 aliphatic heterocycles. The van der Waals surface area contributed by atoms with Crippen molar-refractivity contribution in [2.75, 3.05) is 31.1 Å². The number of likely N-dealkylation sites (tertiary alicyclic amines) is 1. The molecule has 0 aliphatic carbocycles. The maximum Gasteiger partial charge on any atom is 0.133 e. The molecule has 0 unspecified atom stereocenters. The zero-order valence-electron chi connectivity index (χ0n) is 14.1. The lowest BCUT2D eigenvalue weighted by molar-refractivity contribution is 0.253. The van der Waals surface area contributed by atoms with Crippen molar-refractivity contribution in [1.82, 2.24) is 9.88 Å². The van der Waals surface area contributed by atoms with Gasteiger partial charge in [-0.15, -0.1) is 0 Å². The van der Waals surface area contributed by atoms with Crippen molar-refractivity contribution in [2.45, 2.75) is 64.3 Å². The molecular formula is C19H31N3. The summed E-state index contributed by atoms with van der Waals surface area (Å²) in [6.07, 6.45) is 12.6. The van der Waals surface area contributed by atoms with Crippen LogP contribution in [0.1, 0.15) is 69.9 Å². The quantitative estimate of drug-likeness (QED) is 0.803. The summed E-state index contributed by atoms with van der Waals surface area (Å²) in [7, 11) is 0. The van der Waals surface area contributed by atoms with Gasteiger partial charge in [0.1, 0.15) is 5.82 Å². The van der Waals surface area contributed by atoms with E-state index in [0.717, 1.165) is 0 Å². The lowest BCUT2D eigenvalue weighted by Gasteiger charge is -2.30. The number of hydrogen-bond donors (Lipinski definition) is 0. The molecule has 2 saturated heterocycles. The van der Waals surface area contributed by atoms with E-state index in [-0.39, 0.29) is 0 Å². The van der Waals surface area contributed by atoms with Gasteiger partial charge in [0.05, 0.1) is 0 Å². The second-order valence-corrected chi connectivity index (χ2v) is 6.87. The molecule has 3 nitrogen and oxygen atoms in total. The molecule has 0 N–H and O–H groups in total. The van der Waals surface area contributed by atoms with Crippen LogP contribution in [0, 0.1) is 0 Å². The molecule has 1 aromatic heterocycles. The molecule has 0 spiro atoms. The number of aromatic nitrogens is 1. The highest BCUT2D eigenvalue weighted by Gasteiger charge is 2.29. The van der Waals surface area contributed by atoms with Crippen LogP contribution in [0.4, 0.5) is 5.82 Å². The third-order valence-corrected chi connectivity index (χ3v) is 5.24. The summed E-state index contributed by atoms with van der Waals surface area (Å²) in [6.45, 7) is 7.17. The van der Waals surface area contributed by atoms with Gasteiger partial charge in [-0.1, -0.05) is 32.3 Å². The van der Waals surface area contributed by atoms with Crippen molar-refractivity contribution in [3.05, 3.63) is 23.9 Å². The van der Waals surface area contributed by atoms with Crippen LogP contribution in [0.15, 0.2) is 18.3 Å². The molecule has 3 heterocycles. The fourth-order valence-electron chi connectivity index (χ4n) is 4.02. The fourth-order valence-corrected chi connectivity index (χ4v) is 4.02. The molecule has 122 valence electrons. The molecule has 3 heteroatoms. The predicted octanol–water partition coefficient (Wildman–Crippen LogP) is 4.40. The molecular weight excluding hydrogens is 270 g/mol. The normalized spacial score (nSPS) is 23.7. The third-order valence-electron chi connectivity index (χ3n) is 5.24. The van der Waals surface area contributed by atoms with E-state index in [2.05, 4.69) is 28.9 Å². The Morgan fingerprint density at radius 1 is 1.09 bits per heavy atom. The Labute approximate surface area is 135 Å². The summed E-state index contributed by atoms with van der Waals surface area (Å²) in [4.78, 5) is 10.1. The zero-order chi connectivity index (χ0) is 15.2. The van der Waals surface area contributed by atoms with E-state index in [0.29, 0.717) is 6.04 Å². The van der Waals surface area contributed by atoms with Crippen LogP contribution >= 0.6 is 0 Å². The summed E-state index contributed by atoms with van der Waals surface area (Å²) in [6, 6.07) is 5.06. The number of pyridine rings is 1. The van der Waals surface area contributed by atoms with Gasteiger partial charge in [-0.05, 0) is 51.3 Å². The molecule has 2 aliphatic rings. The second kappa shape index (κ2) is 7.96. The Hall–Kier alpha value is -1.09. The predicted molar refractivity (Wildman–Crippen MR) is 93.4 cm³/mol. The number of nitrogens with zero attached hydrogens (tertiary/aromatic N) is 3. The monoisotopic (exact) mass is 301 g/mol. The van der Waals surface area contributed by atoms with E-state index in [1.165, 1.54) is 88.9 Å². The van der Waals surface area contributed by atoms with Crippen molar-refractivity contribution in [3.8, 4) is 0 Å². The number of hydrogen-bond acceptors (Lipinski definition) is 3. The van der Waals surface area contributed by atoms with E-state index >= 15 is 0 Å². The van der Waals surface area contributed by atoms with E-state index in [1.54, 1.807) is 0 Å². The SMILES string of the molecule is CCCCN1CCC[C@@H]1c1cccnc1N1CCCCCC1. The average Bonchev–Trinajstić information content (AvgIpc) is 2.85. The van der Waals surface area contributed by atoms with Crippen LogP contribution in [-0.4, -0.2) is 36.1 Å². The smallest absolute Gasteiger partial charge is 0.133 e. The average molecular weight is 301 g/mol. The Kier molecular flexibility index (Phi) is 5.71. The molecule has 22 heavy (non-hydrogen) atoms. The van der Waals surface area contributed by atoms with Crippen LogP contribution < -0.4 is 4.90 Å². The molecule has 0 radical (unpaired) electrons. The molecule has 0 bridgehead atoms. The van der Waals surface area contributed by atoms with E-state index in [4.69, 9.17) is 4.98 Å². The van der Waals surface area contributed by atoms with Gasteiger partial charge >= 0.3 is 0 Å². The summed E-state index contributed by atoms with van der Waals surface area (Å²) >= 11 is 0. The largest absolute Gasteiger partial charge is 0.356 e. The number of unbranched alkanes of at least 4 members (excludes halogenated alkanes) is 1. The van der Waals surface area contributed by atoms with Crippen LogP contribution in [0.2, 0.25) is 0 Å². The first kappa shape index (κ1) is 15.8. The molecule has 2 fully saturated rings. The van der Waals surface area contributed by atoms with Gasteiger partial charge in [0.2, 0.25) is 0 Å². The lowest BCUT2D eigenvalue weighted by Crippen LogP contribution is -2.30. The van der Waals surface area contributed by atoms with Gasteiger partial charge in [0, 0.05) is 30.9 Å². The van der Waals surface area contributed by atoms with Crippen LogP contribution in [-0.2, 0) is 0 Å². The zero-order valence-corrected chi connectivity index (χ0v) is 14.1. The molecule has 0 amide bonds. The summed E-state index contributed by atoms with van der Waals surface area (Å²) in [5.41, 5.74) is 1.48. The molecule has 0 aromatic carbocycles. The third kappa shape index (κ3) is 3.62. The second-order valence-electron chi connectivity index (χ2n) is 6.87. The maximum absolute atomic E-state index is 4.80. The first-order valence-electron chi connectivity index (χ1n) is 9.34. The van der Waals surface area contributed by atoms with Gasteiger partial charge < -0.3 is 4.90 Å². The molecule has 3 rings (SSSR count). The standard InChI is InChI=1S/C19H31N3/c1-2-3-13-21-16-9-11-18(21)17-10-8-12-20-19(17)22-14-6-4-5-7-15-22/h8,10,12,18H,2-7,9,11,13-16H2,1H3/t18-/m1/s1. The Morgan fingerprint density at radius 3 is 2.68 bits per heavy atom. The molecule has 0 saturated carbocycles. The first-order valence-corrected chi connectivity index (χ1v) is 9.34. The van der Waals surface area contributed by atoms with Crippen LogP contribution in [0.25, 0.3) is 0 Å². The Balaban J connectivity index is 1.80. The number of anilines is 1. The van der Waals surface area contributed by atoms with E-state index < -0.39 is 0 Å². The van der Waals surface area contributed by atoms with Gasteiger partial charge in [-0.2, -0.15) is 0 Å². The van der Waals surface area contributed by atoms with Crippen molar-refractivity contribution in [1.29, 1.82) is 0 Å². The summed E-state index contributed by atoms with van der Waals surface area (Å²) in [5, 5.41) is 0. The van der Waals surface area contributed by atoms with Gasteiger partial charge in [0.25, 0.3) is 0 Å². The minimum absolute atomic E-state index is 0.596. The highest BCUT2D eigenvalue weighted by molar-refractivity contribution is 5.49. The van der Waals surface area contributed by atoms with Crippen molar-refractivity contribution < 1.29 is 0 Å². The Morgan fingerprint density at radius 2 is 1.91 bits per heavy atom. The highest BCUT2D eigenvalue weighted by Crippen LogP contribution is 2.36. The fraction of sp³-hybridized carbons (Fsp3) is 0.737. The van der Waals surface area contributed by atoms with Gasteiger partial charge in [-0.25, -0.2) is 4.98 Å². The first-order chi connectivity index (χ1) is 10.9. The van der Waals surface area contributed by atoms with Crippen LogP contribution in [0.5, 0.6) is 0 Å². The van der Waals surface area contributed by atoms with Crippen LogP contribution in [0.3, 0.4) is 0 Å². The highest BCUT2D eigenvalue weighted by atomic mass is 15.2. The summed E-state index contributed by atoms with van der Waals surface area (Å²) in [5.74, 6) is 1.28. The number of rotatable bonds is 5. The van der Waals surface area contributed by atoms with Crippen molar-refractivity contribution in [2.24, 2.45) is 0 Å². The molecule has 1 atom stereocenters. The maximum atomic E-state index is 4.80. The Bertz CT molecular complexity index is 452. The molecule has 1 aromatic rings. The van der Waals surface area contributed by atoms with Crippen molar-refractivity contribution >= 4 is 5.82 Å². The van der Waals surface area contributed by atoms with Gasteiger partial charge in [-0.3, -0.25) is 4.90 Å². The minimum Gasteiger partial charge on any atom is -0.356 e. The summed E-state index contributed by atoms with van der Waals surface area (Å²) < 4.78 is 0. The minimum atomic E-state index is 0.596. The van der Waals surface area contributed by atoms with E-state index in [9.17, 15) is 0 Å². The lowest BCUT2D eigenvalue weighted by atomic mass is 10.0. The van der Waals surface area contributed by atoms with E-state index in [1.807, 2.05) is 6.20 Å². The van der Waals surface area contributed by atoms with Crippen molar-refractivity contribution in [3.63, 3.8) is 0 Å². The topological polar surface area (TPSA) is 19.4 Å². The van der Waals surface area contributed by atoms with Gasteiger partial charge in [0.15, 0.2) is 0 Å².